The largest absolute Gasteiger partial charge is 0.313 e. The maximum atomic E-state index is 12.4. The Bertz CT molecular complexity index is 563. The van der Waals surface area contributed by atoms with E-state index in [2.05, 4.69) is 10.0 Å². The Morgan fingerprint density at radius 2 is 1.95 bits per heavy atom. The van der Waals surface area contributed by atoms with Crippen LogP contribution in [0.25, 0.3) is 0 Å². The van der Waals surface area contributed by atoms with Crippen molar-refractivity contribution in [3.05, 3.63) is 28.8 Å². The number of hydrogen-bond acceptors (Lipinski definition) is 3. The molecule has 19 heavy (non-hydrogen) atoms. The van der Waals surface area contributed by atoms with Gasteiger partial charge < -0.3 is 5.32 Å². The fraction of sp³-hybridized carbons (Fsp3) is 0.571. The lowest BCUT2D eigenvalue weighted by Crippen LogP contribution is -2.27. The minimum Gasteiger partial charge on any atom is -0.313 e. The van der Waals surface area contributed by atoms with Crippen LogP contribution < -0.4 is 10.0 Å². The van der Waals surface area contributed by atoms with E-state index >= 15 is 0 Å². The molecule has 4 nitrogen and oxygen atoms in total. The van der Waals surface area contributed by atoms with E-state index < -0.39 is 10.0 Å². The van der Waals surface area contributed by atoms with Gasteiger partial charge in [-0.2, -0.15) is 0 Å². The summed E-state index contributed by atoms with van der Waals surface area (Å²) in [6, 6.07) is 3.98. The molecule has 0 heterocycles. The molecule has 0 spiro atoms. The van der Waals surface area contributed by atoms with Crippen LogP contribution in [0.5, 0.6) is 0 Å². The SMILES string of the molecule is CCNCc1cc(C)c(C)c(S(=O)(=O)NC2CC2)c1. The van der Waals surface area contributed by atoms with Crippen molar-refractivity contribution in [2.24, 2.45) is 0 Å². The van der Waals surface area contributed by atoms with Crippen molar-refractivity contribution in [1.82, 2.24) is 10.0 Å². The molecule has 0 unspecified atom stereocenters. The molecular weight excluding hydrogens is 260 g/mol. The molecule has 1 aromatic rings. The molecule has 0 aliphatic heterocycles. The number of nitrogens with one attached hydrogen (secondary N) is 2. The highest BCUT2D eigenvalue weighted by Crippen LogP contribution is 2.25. The summed E-state index contributed by atoms with van der Waals surface area (Å²) >= 11 is 0. The van der Waals surface area contributed by atoms with E-state index in [0.29, 0.717) is 11.4 Å². The van der Waals surface area contributed by atoms with Crippen LogP contribution in [-0.4, -0.2) is 21.0 Å². The Morgan fingerprint density at radius 3 is 2.53 bits per heavy atom. The maximum absolute atomic E-state index is 12.4. The van der Waals surface area contributed by atoms with Gasteiger partial charge in [-0.1, -0.05) is 13.0 Å². The minimum absolute atomic E-state index is 0.141. The Morgan fingerprint density at radius 1 is 1.26 bits per heavy atom. The lowest BCUT2D eigenvalue weighted by atomic mass is 10.1. The van der Waals surface area contributed by atoms with Crippen molar-refractivity contribution in [2.75, 3.05) is 6.54 Å². The van der Waals surface area contributed by atoms with E-state index in [1.54, 1.807) is 6.07 Å². The molecule has 1 aliphatic carbocycles. The molecule has 0 bridgehead atoms. The van der Waals surface area contributed by atoms with Crippen LogP contribution in [0.4, 0.5) is 0 Å². The Hall–Kier alpha value is -0.910. The minimum atomic E-state index is -3.38. The fourth-order valence-electron chi connectivity index (χ4n) is 2.03. The smallest absolute Gasteiger partial charge is 0.241 e. The number of rotatable bonds is 6. The van der Waals surface area contributed by atoms with E-state index in [4.69, 9.17) is 0 Å². The van der Waals surface area contributed by atoms with Gasteiger partial charge in [-0.05, 0) is 56.0 Å². The van der Waals surface area contributed by atoms with Gasteiger partial charge >= 0.3 is 0 Å². The molecule has 0 radical (unpaired) electrons. The molecule has 0 amide bonds. The first kappa shape index (κ1) is 14.5. The first-order chi connectivity index (χ1) is 8.94. The zero-order valence-electron chi connectivity index (χ0n) is 11.8. The van der Waals surface area contributed by atoms with Gasteiger partial charge in [0.2, 0.25) is 10.0 Å². The molecule has 0 aromatic heterocycles. The van der Waals surface area contributed by atoms with E-state index in [1.807, 2.05) is 26.8 Å². The predicted octanol–water partition coefficient (Wildman–Crippen LogP) is 1.85. The molecule has 0 saturated heterocycles. The van der Waals surface area contributed by atoms with Crippen molar-refractivity contribution in [1.29, 1.82) is 0 Å². The van der Waals surface area contributed by atoms with E-state index in [9.17, 15) is 8.42 Å². The second-order valence-corrected chi connectivity index (χ2v) is 6.89. The zero-order chi connectivity index (χ0) is 14.0. The molecule has 1 saturated carbocycles. The van der Waals surface area contributed by atoms with Gasteiger partial charge in [-0.3, -0.25) is 0 Å². The second kappa shape index (κ2) is 5.61. The molecule has 2 rings (SSSR count). The lowest BCUT2D eigenvalue weighted by Gasteiger charge is -2.13. The number of hydrogen-bond donors (Lipinski definition) is 2. The van der Waals surface area contributed by atoms with E-state index in [0.717, 1.165) is 36.1 Å². The Balaban J connectivity index is 2.34. The summed E-state index contributed by atoms with van der Waals surface area (Å²) in [5, 5.41) is 3.23. The second-order valence-electron chi connectivity index (χ2n) is 5.21. The molecular formula is C14H22N2O2S. The lowest BCUT2D eigenvalue weighted by molar-refractivity contribution is 0.580. The van der Waals surface area contributed by atoms with Crippen molar-refractivity contribution in [3.8, 4) is 0 Å². The first-order valence-corrected chi connectivity index (χ1v) is 8.25. The van der Waals surface area contributed by atoms with Crippen molar-refractivity contribution < 1.29 is 8.42 Å². The molecule has 0 atom stereocenters. The number of aryl methyl sites for hydroxylation is 1. The third kappa shape index (κ3) is 3.55. The van der Waals surface area contributed by atoms with Crippen LogP contribution in [0, 0.1) is 13.8 Å². The quantitative estimate of drug-likeness (QED) is 0.837. The third-order valence-electron chi connectivity index (χ3n) is 3.45. The maximum Gasteiger partial charge on any atom is 0.241 e. The summed E-state index contributed by atoms with van der Waals surface area (Å²) in [5.74, 6) is 0. The summed E-state index contributed by atoms with van der Waals surface area (Å²) in [6.45, 7) is 7.43. The normalized spacial score (nSPS) is 15.7. The van der Waals surface area contributed by atoms with Gasteiger partial charge in [-0.15, -0.1) is 0 Å². The average Bonchev–Trinajstić information content (AvgIpc) is 3.13. The zero-order valence-corrected chi connectivity index (χ0v) is 12.6. The molecule has 1 aromatic carbocycles. The van der Waals surface area contributed by atoms with Gasteiger partial charge in [-0.25, -0.2) is 13.1 Å². The van der Waals surface area contributed by atoms with Crippen LogP contribution in [0.1, 0.15) is 36.5 Å². The Kier molecular flexibility index (Phi) is 4.28. The van der Waals surface area contributed by atoms with Crippen molar-refractivity contribution >= 4 is 10.0 Å². The fourth-order valence-corrected chi connectivity index (χ4v) is 3.71. The standard InChI is InChI=1S/C14H22N2O2S/c1-4-15-9-12-7-10(2)11(3)14(8-12)19(17,18)16-13-5-6-13/h7-8,13,15-16H,4-6,9H2,1-3H3. The summed E-state index contributed by atoms with van der Waals surface area (Å²) in [7, 11) is -3.38. The average molecular weight is 282 g/mol. The van der Waals surface area contributed by atoms with E-state index in [-0.39, 0.29) is 6.04 Å². The summed E-state index contributed by atoms with van der Waals surface area (Å²) < 4.78 is 27.4. The van der Waals surface area contributed by atoms with Crippen LogP contribution in [0.3, 0.4) is 0 Å². The molecule has 1 aliphatic rings. The molecule has 5 heteroatoms. The van der Waals surface area contributed by atoms with Gasteiger partial charge in [0.1, 0.15) is 0 Å². The first-order valence-electron chi connectivity index (χ1n) is 6.77. The summed E-state index contributed by atoms with van der Waals surface area (Å²) in [6.07, 6.45) is 1.91. The van der Waals surface area contributed by atoms with Gasteiger partial charge in [0.15, 0.2) is 0 Å². The number of benzene rings is 1. The third-order valence-corrected chi connectivity index (χ3v) is 5.09. The topological polar surface area (TPSA) is 58.2 Å². The van der Waals surface area contributed by atoms with Gasteiger partial charge in [0.25, 0.3) is 0 Å². The summed E-state index contributed by atoms with van der Waals surface area (Å²) in [5.41, 5.74) is 2.88. The molecule has 2 N–H and O–H groups in total. The Labute approximate surface area is 115 Å². The highest BCUT2D eigenvalue weighted by atomic mass is 32.2. The van der Waals surface area contributed by atoms with Crippen LogP contribution in [0.15, 0.2) is 17.0 Å². The predicted molar refractivity (Wildman–Crippen MR) is 76.6 cm³/mol. The van der Waals surface area contributed by atoms with Crippen molar-refractivity contribution in [3.63, 3.8) is 0 Å². The molecule has 1 fully saturated rings. The van der Waals surface area contributed by atoms with Gasteiger partial charge in [0, 0.05) is 12.6 Å². The highest BCUT2D eigenvalue weighted by molar-refractivity contribution is 7.89. The van der Waals surface area contributed by atoms with Crippen LogP contribution in [-0.2, 0) is 16.6 Å². The van der Waals surface area contributed by atoms with Crippen LogP contribution >= 0.6 is 0 Å². The van der Waals surface area contributed by atoms with Crippen molar-refractivity contribution in [2.45, 2.75) is 51.1 Å². The summed E-state index contributed by atoms with van der Waals surface area (Å²) in [4.78, 5) is 0.423. The monoisotopic (exact) mass is 282 g/mol. The van der Waals surface area contributed by atoms with Gasteiger partial charge in [0.05, 0.1) is 4.90 Å². The number of sulfonamides is 1. The van der Waals surface area contributed by atoms with E-state index in [1.165, 1.54) is 0 Å². The van der Waals surface area contributed by atoms with Crippen LogP contribution in [0.2, 0.25) is 0 Å². The molecule has 106 valence electrons. The highest BCUT2D eigenvalue weighted by Gasteiger charge is 2.29.